The van der Waals surface area contributed by atoms with E-state index in [1.165, 1.54) is 12.8 Å². The maximum Gasteiger partial charge on any atom is 0.211 e. The second-order valence-corrected chi connectivity index (χ2v) is 6.39. The van der Waals surface area contributed by atoms with Gasteiger partial charge in [-0.3, -0.25) is 4.90 Å². The Labute approximate surface area is 122 Å². The predicted molar refractivity (Wildman–Crippen MR) is 81.7 cm³/mol. The minimum atomic E-state index is 0.248. The molecule has 1 aliphatic rings. The monoisotopic (exact) mass is 279 g/mol. The van der Waals surface area contributed by atoms with Gasteiger partial charge >= 0.3 is 0 Å². The van der Waals surface area contributed by atoms with Crippen LogP contribution in [0.3, 0.4) is 0 Å². The van der Waals surface area contributed by atoms with Crippen LogP contribution in [-0.4, -0.2) is 35.1 Å². The van der Waals surface area contributed by atoms with Crippen molar-refractivity contribution in [3.05, 3.63) is 17.8 Å². The van der Waals surface area contributed by atoms with Gasteiger partial charge in [0.1, 0.15) is 5.76 Å². The van der Waals surface area contributed by atoms with Crippen LogP contribution in [0.15, 0.2) is 10.6 Å². The normalized spacial score (nSPS) is 26.1. The molecule has 0 amide bonds. The Balaban J connectivity index is 2.13. The van der Waals surface area contributed by atoms with E-state index in [1.807, 2.05) is 13.1 Å². The van der Waals surface area contributed by atoms with Crippen LogP contribution in [0.4, 0.5) is 0 Å². The Morgan fingerprint density at radius 1 is 1.45 bits per heavy atom. The highest BCUT2D eigenvalue weighted by Gasteiger charge is 2.34. The summed E-state index contributed by atoms with van der Waals surface area (Å²) in [6.07, 6.45) is 4.28. The van der Waals surface area contributed by atoms with Gasteiger partial charge in [-0.1, -0.05) is 27.2 Å². The molecule has 3 unspecified atom stereocenters. The largest absolute Gasteiger partial charge is 0.444 e. The van der Waals surface area contributed by atoms with Gasteiger partial charge in [0.05, 0.1) is 12.2 Å². The lowest BCUT2D eigenvalue weighted by atomic mass is 9.95. The zero-order chi connectivity index (χ0) is 14.7. The smallest absolute Gasteiger partial charge is 0.211 e. The van der Waals surface area contributed by atoms with E-state index in [0.717, 1.165) is 24.7 Å². The molecule has 4 nitrogen and oxygen atoms in total. The van der Waals surface area contributed by atoms with Crippen LogP contribution in [0.25, 0.3) is 0 Å². The maximum absolute atomic E-state index is 5.75. The van der Waals surface area contributed by atoms with E-state index in [2.05, 4.69) is 42.9 Å². The van der Waals surface area contributed by atoms with Gasteiger partial charge in [-0.25, -0.2) is 4.98 Å². The first-order valence-corrected chi connectivity index (χ1v) is 7.94. The highest BCUT2D eigenvalue weighted by atomic mass is 16.4. The molecule has 1 saturated heterocycles. The number of hydrogen-bond acceptors (Lipinski definition) is 4. The Hall–Kier alpha value is -0.870. The molecule has 0 aromatic carbocycles. The standard InChI is InChI=1S/C16H29N3O/c1-6-7-14-10-19(15(9-17-14)11(2)3)13(5)16-18-8-12(4)20-16/h8,11,13-15,17H,6-7,9-10H2,1-5H3. The summed E-state index contributed by atoms with van der Waals surface area (Å²) >= 11 is 0. The fraction of sp³-hybridized carbons (Fsp3) is 0.812. The third kappa shape index (κ3) is 3.41. The molecule has 0 spiro atoms. The Morgan fingerprint density at radius 2 is 2.20 bits per heavy atom. The van der Waals surface area contributed by atoms with Gasteiger partial charge in [-0.15, -0.1) is 0 Å². The SMILES string of the molecule is CCCC1CN(C(C)c2ncc(C)o2)C(C(C)C)CN1. The topological polar surface area (TPSA) is 41.3 Å². The highest BCUT2D eigenvalue weighted by molar-refractivity contribution is 4.99. The Kier molecular flexibility index (Phi) is 5.22. The van der Waals surface area contributed by atoms with E-state index in [0.29, 0.717) is 18.0 Å². The van der Waals surface area contributed by atoms with E-state index in [1.54, 1.807) is 0 Å². The van der Waals surface area contributed by atoms with Crippen molar-refractivity contribution < 1.29 is 4.42 Å². The van der Waals surface area contributed by atoms with E-state index in [9.17, 15) is 0 Å². The quantitative estimate of drug-likeness (QED) is 0.899. The number of nitrogens with one attached hydrogen (secondary N) is 1. The first kappa shape index (κ1) is 15.5. The first-order chi connectivity index (χ1) is 9.52. The van der Waals surface area contributed by atoms with E-state index < -0.39 is 0 Å². The molecule has 0 radical (unpaired) electrons. The lowest BCUT2D eigenvalue weighted by molar-refractivity contribution is 0.0488. The van der Waals surface area contributed by atoms with Crippen molar-refractivity contribution in [2.75, 3.05) is 13.1 Å². The molecule has 1 aromatic rings. The Morgan fingerprint density at radius 3 is 2.75 bits per heavy atom. The molecule has 1 N–H and O–H groups in total. The zero-order valence-corrected chi connectivity index (χ0v) is 13.5. The number of aryl methyl sites for hydroxylation is 1. The maximum atomic E-state index is 5.75. The van der Waals surface area contributed by atoms with Crippen molar-refractivity contribution in [1.82, 2.24) is 15.2 Å². The molecule has 0 saturated carbocycles. The highest BCUT2D eigenvalue weighted by Crippen LogP contribution is 2.28. The number of oxazole rings is 1. The second-order valence-electron chi connectivity index (χ2n) is 6.39. The summed E-state index contributed by atoms with van der Waals surface area (Å²) in [4.78, 5) is 7.00. The fourth-order valence-corrected chi connectivity index (χ4v) is 3.17. The zero-order valence-electron chi connectivity index (χ0n) is 13.5. The van der Waals surface area contributed by atoms with Crippen molar-refractivity contribution >= 4 is 0 Å². The Bertz CT molecular complexity index is 416. The molecule has 0 aliphatic carbocycles. The summed E-state index contributed by atoms with van der Waals surface area (Å²) in [5.74, 6) is 2.38. The molecule has 1 aliphatic heterocycles. The van der Waals surface area contributed by atoms with Crippen LogP contribution in [0, 0.1) is 12.8 Å². The third-order valence-electron chi connectivity index (χ3n) is 4.37. The van der Waals surface area contributed by atoms with Gasteiger partial charge < -0.3 is 9.73 Å². The van der Waals surface area contributed by atoms with Crippen molar-refractivity contribution in [3.63, 3.8) is 0 Å². The molecule has 1 aromatic heterocycles. The minimum Gasteiger partial charge on any atom is -0.444 e. The number of nitrogens with zero attached hydrogens (tertiary/aromatic N) is 2. The summed E-state index contributed by atoms with van der Waals surface area (Å²) in [7, 11) is 0. The van der Waals surface area contributed by atoms with E-state index in [4.69, 9.17) is 4.42 Å². The molecular weight excluding hydrogens is 250 g/mol. The molecule has 4 heteroatoms. The van der Waals surface area contributed by atoms with Crippen molar-refractivity contribution in [2.24, 2.45) is 5.92 Å². The van der Waals surface area contributed by atoms with Gasteiger partial charge in [0.2, 0.25) is 5.89 Å². The molecule has 20 heavy (non-hydrogen) atoms. The fourth-order valence-electron chi connectivity index (χ4n) is 3.17. The summed E-state index contributed by atoms with van der Waals surface area (Å²) in [5, 5.41) is 3.70. The van der Waals surface area contributed by atoms with Gasteiger partial charge in [0, 0.05) is 25.2 Å². The third-order valence-corrected chi connectivity index (χ3v) is 4.37. The van der Waals surface area contributed by atoms with Crippen molar-refractivity contribution in [1.29, 1.82) is 0 Å². The average molecular weight is 279 g/mol. The first-order valence-electron chi connectivity index (χ1n) is 7.94. The molecule has 1 fully saturated rings. The molecule has 114 valence electrons. The minimum absolute atomic E-state index is 0.248. The number of rotatable bonds is 5. The molecule has 0 bridgehead atoms. The predicted octanol–water partition coefficient (Wildman–Crippen LogP) is 3.14. The molecule has 2 rings (SSSR count). The van der Waals surface area contributed by atoms with Gasteiger partial charge in [-0.2, -0.15) is 0 Å². The van der Waals surface area contributed by atoms with E-state index in [-0.39, 0.29) is 6.04 Å². The number of hydrogen-bond donors (Lipinski definition) is 1. The van der Waals surface area contributed by atoms with Gasteiger partial charge in [0.15, 0.2) is 0 Å². The summed E-state index contributed by atoms with van der Waals surface area (Å²) in [6, 6.07) is 1.39. The summed E-state index contributed by atoms with van der Waals surface area (Å²) in [5.41, 5.74) is 0. The number of aromatic nitrogens is 1. The molecular formula is C16H29N3O. The second kappa shape index (κ2) is 6.72. The number of piperazine rings is 1. The average Bonchev–Trinajstić information content (AvgIpc) is 2.84. The van der Waals surface area contributed by atoms with Crippen LogP contribution in [0.1, 0.15) is 58.2 Å². The lowest BCUT2D eigenvalue weighted by Crippen LogP contribution is -2.58. The van der Waals surface area contributed by atoms with Crippen LogP contribution in [0.5, 0.6) is 0 Å². The van der Waals surface area contributed by atoms with Crippen LogP contribution in [0.2, 0.25) is 0 Å². The van der Waals surface area contributed by atoms with E-state index >= 15 is 0 Å². The van der Waals surface area contributed by atoms with Crippen molar-refractivity contribution in [3.8, 4) is 0 Å². The molecule has 2 heterocycles. The van der Waals surface area contributed by atoms with Crippen LogP contribution in [-0.2, 0) is 0 Å². The van der Waals surface area contributed by atoms with Crippen molar-refractivity contribution in [2.45, 2.75) is 65.6 Å². The van der Waals surface area contributed by atoms with Gasteiger partial charge in [-0.05, 0) is 26.2 Å². The molecule has 3 atom stereocenters. The van der Waals surface area contributed by atoms with Crippen LogP contribution >= 0.6 is 0 Å². The summed E-state index contributed by atoms with van der Waals surface area (Å²) < 4.78 is 5.75. The summed E-state index contributed by atoms with van der Waals surface area (Å²) in [6.45, 7) is 13.2. The van der Waals surface area contributed by atoms with Crippen LogP contribution < -0.4 is 5.32 Å². The lowest BCUT2D eigenvalue weighted by Gasteiger charge is -2.44. The van der Waals surface area contributed by atoms with Gasteiger partial charge in [0.25, 0.3) is 0 Å².